The van der Waals surface area contributed by atoms with E-state index in [1.54, 1.807) is 25.1 Å². The van der Waals surface area contributed by atoms with Crippen molar-refractivity contribution in [3.8, 4) is 5.75 Å². The van der Waals surface area contributed by atoms with Crippen LogP contribution in [0.4, 0.5) is 9.18 Å². The molecular formula is C30H30ClFN4O9. The van der Waals surface area contributed by atoms with Crippen molar-refractivity contribution in [3.05, 3.63) is 70.6 Å². The summed E-state index contributed by atoms with van der Waals surface area (Å²) in [5.74, 6) is -6.79. The van der Waals surface area contributed by atoms with Gasteiger partial charge in [-0.15, -0.1) is 0 Å². The van der Waals surface area contributed by atoms with Gasteiger partial charge in [-0.2, -0.15) is 0 Å². The number of fused-ring (bicyclic) bond motifs is 1. The van der Waals surface area contributed by atoms with Crippen molar-refractivity contribution < 1.29 is 48.0 Å². The summed E-state index contributed by atoms with van der Waals surface area (Å²) in [6.07, 6.45) is -2.30. The highest BCUT2D eigenvalue weighted by Gasteiger charge is 2.33. The molecule has 1 aliphatic heterocycles. The van der Waals surface area contributed by atoms with Crippen LogP contribution in [0.25, 0.3) is 10.9 Å². The maximum absolute atomic E-state index is 14.9. The average molecular weight is 645 g/mol. The second kappa shape index (κ2) is 14.7. The number of nitrogens with zero attached hydrogens (tertiary/aromatic N) is 3. The van der Waals surface area contributed by atoms with Gasteiger partial charge in [0.2, 0.25) is 12.0 Å². The van der Waals surface area contributed by atoms with Crippen molar-refractivity contribution in [1.82, 2.24) is 20.1 Å². The van der Waals surface area contributed by atoms with E-state index in [0.717, 1.165) is 12.1 Å². The lowest BCUT2D eigenvalue weighted by molar-refractivity contribution is -0.152. The first-order valence-corrected chi connectivity index (χ1v) is 14.3. The van der Waals surface area contributed by atoms with E-state index in [4.69, 9.17) is 21.1 Å². The number of ether oxygens (including phenoxy) is 2. The molecule has 2 atom stereocenters. The monoisotopic (exact) mass is 644 g/mol. The van der Waals surface area contributed by atoms with E-state index in [-0.39, 0.29) is 78.7 Å². The Kier molecular flexibility index (Phi) is 10.7. The number of pyridine rings is 1. The van der Waals surface area contributed by atoms with Crippen LogP contribution in [-0.2, 0) is 19.1 Å². The highest BCUT2D eigenvalue weighted by atomic mass is 35.5. The fourth-order valence-electron chi connectivity index (χ4n) is 4.77. The van der Waals surface area contributed by atoms with Gasteiger partial charge < -0.3 is 34.8 Å². The normalized spacial score (nSPS) is 14.4. The molecule has 1 fully saturated rings. The van der Waals surface area contributed by atoms with Crippen LogP contribution in [0.15, 0.2) is 48.5 Å². The smallest absolute Gasteiger partial charge is 0.409 e. The summed E-state index contributed by atoms with van der Waals surface area (Å²) in [6.45, 7) is 2.21. The highest BCUT2D eigenvalue weighted by molar-refractivity contribution is 6.31. The third-order valence-electron chi connectivity index (χ3n) is 7.03. The van der Waals surface area contributed by atoms with Gasteiger partial charge in [0.25, 0.3) is 5.91 Å². The number of nitrogens with one attached hydrogen (secondary N) is 1. The maximum Gasteiger partial charge on any atom is 0.409 e. The molecule has 13 nitrogen and oxygen atoms in total. The third kappa shape index (κ3) is 7.95. The largest absolute Gasteiger partial charge is 0.481 e. The molecule has 0 radical (unpaired) electrons. The molecule has 238 valence electrons. The zero-order chi connectivity index (χ0) is 32.7. The van der Waals surface area contributed by atoms with Crippen LogP contribution < -0.4 is 10.1 Å². The number of carbonyl (C=O) groups is 5. The number of aromatic nitrogens is 1. The fourth-order valence-corrected chi connectivity index (χ4v) is 4.97. The zero-order valence-corrected chi connectivity index (χ0v) is 24.8. The van der Waals surface area contributed by atoms with Gasteiger partial charge in [0.05, 0.1) is 6.61 Å². The lowest BCUT2D eigenvalue weighted by Crippen LogP contribution is -2.53. The molecular weight excluding hydrogens is 615 g/mol. The van der Waals surface area contributed by atoms with Gasteiger partial charge in [0.15, 0.2) is 5.82 Å². The number of hydrogen-bond acceptors (Lipinski definition) is 8. The van der Waals surface area contributed by atoms with E-state index in [2.05, 4.69) is 10.3 Å². The molecule has 0 bridgehead atoms. The Morgan fingerprint density at radius 3 is 2.29 bits per heavy atom. The number of rotatable bonds is 11. The number of halogens is 2. The van der Waals surface area contributed by atoms with Crippen molar-refractivity contribution in [3.63, 3.8) is 0 Å². The number of carbonyl (C=O) groups excluding carboxylic acids is 3. The van der Waals surface area contributed by atoms with Crippen LogP contribution in [0.3, 0.4) is 0 Å². The predicted molar refractivity (Wildman–Crippen MR) is 157 cm³/mol. The molecule has 2 heterocycles. The van der Waals surface area contributed by atoms with Gasteiger partial charge in [-0.1, -0.05) is 41.9 Å². The SMILES string of the molecule is CCOC(=O)N1CCN(C(=O)C(CCNC(=O)c2cc(OC(C(=O)O)c3ccccc3)c3cc(Cl)cc(F)c3n2)C(=O)O)CC1. The van der Waals surface area contributed by atoms with Crippen molar-refractivity contribution in [2.45, 2.75) is 19.4 Å². The standard InChI is InChI=1S/C30H30ClFN4O9/c1-2-44-30(43)36-12-10-35(11-13-36)27(38)19(28(39)40)8-9-33-26(37)22-16-23(20-14-18(31)15-21(32)24(20)34-22)45-25(29(41)42)17-6-4-3-5-7-17/h3-7,14-16,19,25H,2,8-13H2,1H3,(H,33,37)(H,39,40)(H,41,42). The first-order chi connectivity index (χ1) is 21.5. The Balaban J connectivity index is 1.49. The van der Waals surface area contributed by atoms with E-state index in [9.17, 15) is 38.6 Å². The molecule has 3 amide bonds. The Labute approximate surface area is 261 Å². The van der Waals surface area contributed by atoms with Crippen molar-refractivity contribution in [2.24, 2.45) is 5.92 Å². The van der Waals surface area contributed by atoms with Crippen LogP contribution in [-0.4, -0.2) is 94.2 Å². The lowest BCUT2D eigenvalue weighted by Gasteiger charge is -2.35. The Morgan fingerprint density at radius 2 is 1.67 bits per heavy atom. The number of piperazine rings is 1. The number of carboxylic acids is 2. The van der Waals surface area contributed by atoms with E-state index < -0.39 is 47.7 Å². The van der Waals surface area contributed by atoms with E-state index in [1.165, 1.54) is 28.0 Å². The van der Waals surface area contributed by atoms with Crippen molar-refractivity contribution in [2.75, 3.05) is 39.3 Å². The second-order valence-corrected chi connectivity index (χ2v) is 10.4. The molecule has 45 heavy (non-hydrogen) atoms. The number of amides is 3. The van der Waals surface area contributed by atoms with Gasteiger partial charge in [-0.25, -0.2) is 19.0 Å². The van der Waals surface area contributed by atoms with E-state index >= 15 is 0 Å². The number of benzene rings is 2. The fraction of sp³-hybridized carbons (Fsp3) is 0.333. The summed E-state index contributed by atoms with van der Waals surface area (Å²) in [6, 6.07) is 11.4. The molecule has 15 heteroatoms. The minimum atomic E-state index is -1.52. The predicted octanol–water partition coefficient (Wildman–Crippen LogP) is 3.35. The average Bonchev–Trinajstić information content (AvgIpc) is 3.01. The van der Waals surface area contributed by atoms with Crippen LogP contribution in [0, 0.1) is 11.7 Å². The minimum Gasteiger partial charge on any atom is -0.481 e. The Morgan fingerprint density at radius 1 is 1.00 bits per heavy atom. The molecule has 1 aromatic heterocycles. The second-order valence-electron chi connectivity index (χ2n) is 9.98. The van der Waals surface area contributed by atoms with Crippen molar-refractivity contribution >= 4 is 52.4 Å². The van der Waals surface area contributed by atoms with Gasteiger partial charge in [0.1, 0.15) is 22.9 Å². The molecule has 3 aromatic rings. The van der Waals surface area contributed by atoms with E-state index in [0.29, 0.717) is 0 Å². The molecule has 3 N–H and O–H groups in total. The van der Waals surface area contributed by atoms with Crippen LogP contribution >= 0.6 is 11.6 Å². The zero-order valence-electron chi connectivity index (χ0n) is 24.1. The minimum absolute atomic E-state index is 0.0119. The Hall–Kier alpha value is -4.98. The van der Waals surface area contributed by atoms with Crippen molar-refractivity contribution in [1.29, 1.82) is 0 Å². The van der Waals surface area contributed by atoms with E-state index in [1.807, 2.05) is 0 Å². The van der Waals surface area contributed by atoms with Crippen LogP contribution in [0.2, 0.25) is 5.02 Å². The highest BCUT2D eigenvalue weighted by Crippen LogP contribution is 2.33. The first-order valence-electron chi connectivity index (χ1n) is 14.0. The molecule has 4 rings (SSSR count). The molecule has 1 aliphatic rings. The summed E-state index contributed by atoms with van der Waals surface area (Å²) < 4.78 is 25.7. The summed E-state index contributed by atoms with van der Waals surface area (Å²) in [4.78, 5) is 68.8. The summed E-state index contributed by atoms with van der Waals surface area (Å²) in [7, 11) is 0. The Bertz CT molecular complexity index is 1600. The summed E-state index contributed by atoms with van der Waals surface area (Å²) in [5.41, 5.74) is -0.362. The van der Waals surface area contributed by atoms with Gasteiger partial charge in [0, 0.05) is 54.8 Å². The first kappa shape index (κ1) is 32.9. The summed E-state index contributed by atoms with van der Waals surface area (Å²) in [5, 5.41) is 22.1. The van der Waals surface area contributed by atoms with Gasteiger partial charge >= 0.3 is 18.0 Å². The quantitative estimate of drug-likeness (QED) is 0.262. The summed E-state index contributed by atoms with van der Waals surface area (Å²) >= 11 is 6.03. The molecule has 0 spiro atoms. The molecule has 0 aliphatic carbocycles. The molecule has 0 saturated carbocycles. The molecule has 2 aromatic carbocycles. The topological polar surface area (TPSA) is 176 Å². The lowest BCUT2D eigenvalue weighted by atomic mass is 10.0. The third-order valence-corrected chi connectivity index (χ3v) is 7.25. The maximum atomic E-state index is 14.9. The molecule has 1 saturated heterocycles. The van der Waals surface area contributed by atoms with Gasteiger partial charge in [-0.3, -0.25) is 14.4 Å². The molecule has 2 unspecified atom stereocenters. The number of hydrogen-bond donors (Lipinski definition) is 3. The van der Waals surface area contributed by atoms with Crippen LogP contribution in [0.1, 0.15) is 35.5 Å². The number of aliphatic carboxylic acids is 2. The number of carboxylic acid groups (broad SMARTS) is 2. The van der Waals surface area contributed by atoms with Gasteiger partial charge in [-0.05, 0) is 25.5 Å². The van der Waals surface area contributed by atoms with Crippen LogP contribution in [0.5, 0.6) is 5.75 Å².